The first kappa shape index (κ1) is 24.9. The molecule has 2 N–H and O–H groups in total. The molecule has 0 aliphatic carbocycles. The maximum atomic E-state index is 5.08. The minimum atomic E-state index is 0. The minimum absolute atomic E-state index is 0. The van der Waals surface area contributed by atoms with Gasteiger partial charge in [-0.3, -0.25) is 9.89 Å². The monoisotopic (exact) mass is 468 g/mol. The summed E-state index contributed by atoms with van der Waals surface area (Å²) in [4.78, 5) is 7.05. The van der Waals surface area contributed by atoms with E-state index in [-0.39, 0.29) is 24.0 Å². The van der Waals surface area contributed by atoms with Crippen molar-refractivity contribution in [2.24, 2.45) is 10.9 Å². The minimum Gasteiger partial charge on any atom is -0.385 e. The Balaban J connectivity index is 0.00000576. The van der Waals surface area contributed by atoms with E-state index >= 15 is 0 Å². The van der Waals surface area contributed by atoms with Crippen LogP contribution in [0, 0.1) is 5.92 Å². The Kier molecular flexibility index (Phi) is 16.1. The van der Waals surface area contributed by atoms with Gasteiger partial charge in [0.05, 0.1) is 0 Å². The molecule has 1 rings (SSSR count). The number of ether oxygens (including phenoxy) is 1. The lowest BCUT2D eigenvalue weighted by atomic mass is 10.0. The van der Waals surface area contributed by atoms with Gasteiger partial charge in [-0.05, 0) is 51.1 Å². The summed E-state index contributed by atoms with van der Waals surface area (Å²) in [5.41, 5.74) is 0. The molecular formula is C19H41IN4O. The zero-order chi connectivity index (χ0) is 17.6. The Hall–Kier alpha value is -0.0800. The van der Waals surface area contributed by atoms with Crippen LogP contribution in [0.1, 0.15) is 58.8 Å². The van der Waals surface area contributed by atoms with Crippen molar-refractivity contribution in [1.82, 2.24) is 15.5 Å². The first-order valence-corrected chi connectivity index (χ1v) is 9.86. The Morgan fingerprint density at radius 1 is 1.04 bits per heavy atom. The van der Waals surface area contributed by atoms with Gasteiger partial charge in [-0.1, -0.05) is 26.7 Å². The number of rotatable bonds is 10. The van der Waals surface area contributed by atoms with Crippen molar-refractivity contribution in [3.8, 4) is 0 Å². The van der Waals surface area contributed by atoms with Crippen molar-refractivity contribution in [3.63, 3.8) is 0 Å². The molecule has 150 valence electrons. The highest BCUT2D eigenvalue weighted by atomic mass is 127. The second-order valence-corrected chi connectivity index (χ2v) is 7.19. The number of nitrogens with zero attached hydrogens (tertiary/aromatic N) is 2. The van der Waals surface area contributed by atoms with E-state index in [4.69, 9.17) is 4.74 Å². The number of nitrogens with one attached hydrogen (secondary N) is 2. The van der Waals surface area contributed by atoms with Crippen molar-refractivity contribution in [3.05, 3.63) is 0 Å². The molecule has 1 fully saturated rings. The van der Waals surface area contributed by atoms with Gasteiger partial charge in [-0.15, -0.1) is 24.0 Å². The van der Waals surface area contributed by atoms with Crippen LogP contribution in [0.25, 0.3) is 0 Å². The molecule has 0 bridgehead atoms. The van der Waals surface area contributed by atoms with Gasteiger partial charge >= 0.3 is 0 Å². The van der Waals surface area contributed by atoms with Crippen molar-refractivity contribution in [1.29, 1.82) is 0 Å². The molecule has 0 saturated carbocycles. The second kappa shape index (κ2) is 16.1. The van der Waals surface area contributed by atoms with E-state index in [9.17, 15) is 0 Å². The number of guanidine groups is 1. The van der Waals surface area contributed by atoms with E-state index in [2.05, 4.69) is 34.4 Å². The molecule has 0 amide bonds. The van der Waals surface area contributed by atoms with Crippen molar-refractivity contribution in [2.45, 2.75) is 64.8 Å². The Labute approximate surface area is 172 Å². The van der Waals surface area contributed by atoms with E-state index in [1.54, 1.807) is 7.11 Å². The highest BCUT2D eigenvalue weighted by molar-refractivity contribution is 14.0. The molecule has 0 aromatic rings. The number of hydrogen-bond donors (Lipinski definition) is 2. The average Bonchev–Trinajstić information content (AvgIpc) is 2.85. The predicted octanol–water partition coefficient (Wildman–Crippen LogP) is 3.49. The van der Waals surface area contributed by atoms with Gasteiger partial charge in [-0.25, -0.2) is 0 Å². The quantitative estimate of drug-likeness (QED) is 0.223. The summed E-state index contributed by atoms with van der Waals surface area (Å²) in [5, 5.41) is 6.98. The van der Waals surface area contributed by atoms with E-state index in [1.807, 2.05) is 7.05 Å². The Morgan fingerprint density at radius 3 is 2.28 bits per heavy atom. The largest absolute Gasteiger partial charge is 0.385 e. The molecule has 1 unspecified atom stereocenters. The van der Waals surface area contributed by atoms with Gasteiger partial charge in [0.2, 0.25) is 0 Å². The number of unbranched alkanes of at least 4 members (excludes halogenated alkanes) is 2. The average molecular weight is 468 g/mol. The number of likely N-dealkylation sites (tertiary alicyclic amines) is 1. The lowest BCUT2D eigenvalue weighted by Crippen LogP contribution is -2.49. The molecule has 0 aromatic carbocycles. The third-order valence-corrected chi connectivity index (χ3v) is 4.90. The number of methoxy groups -OCH3 is 1. The van der Waals surface area contributed by atoms with Crippen LogP contribution in [0.15, 0.2) is 4.99 Å². The van der Waals surface area contributed by atoms with Crippen molar-refractivity contribution < 1.29 is 4.74 Å². The van der Waals surface area contributed by atoms with Gasteiger partial charge in [0.25, 0.3) is 0 Å². The fourth-order valence-electron chi connectivity index (χ4n) is 3.39. The normalized spacial score (nSPS) is 17.7. The van der Waals surface area contributed by atoms with Gasteiger partial charge in [0, 0.05) is 39.9 Å². The van der Waals surface area contributed by atoms with Crippen LogP contribution in [0.2, 0.25) is 0 Å². The number of hydrogen-bond acceptors (Lipinski definition) is 3. The fraction of sp³-hybridized carbons (Fsp3) is 0.947. The molecule has 0 radical (unpaired) electrons. The van der Waals surface area contributed by atoms with Crippen molar-refractivity contribution >= 4 is 29.9 Å². The Bertz CT molecular complexity index is 331. The summed E-state index contributed by atoms with van der Waals surface area (Å²) in [7, 11) is 3.62. The summed E-state index contributed by atoms with van der Waals surface area (Å²) < 4.78 is 5.08. The first-order valence-electron chi connectivity index (χ1n) is 9.86. The predicted molar refractivity (Wildman–Crippen MR) is 119 cm³/mol. The third kappa shape index (κ3) is 11.3. The van der Waals surface area contributed by atoms with Crippen LogP contribution < -0.4 is 10.6 Å². The van der Waals surface area contributed by atoms with Crippen LogP contribution in [0.3, 0.4) is 0 Å². The molecule has 6 heteroatoms. The van der Waals surface area contributed by atoms with E-state index in [0.717, 1.165) is 38.5 Å². The zero-order valence-corrected chi connectivity index (χ0v) is 19.2. The number of aliphatic imine (C=N–C) groups is 1. The smallest absolute Gasteiger partial charge is 0.191 e. The topological polar surface area (TPSA) is 48.9 Å². The lowest BCUT2D eigenvalue weighted by molar-refractivity contribution is 0.161. The summed E-state index contributed by atoms with van der Waals surface area (Å²) in [6, 6.07) is 0.586. The van der Waals surface area contributed by atoms with Crippen LogP contribution in [-0.2, 0) is 4.74 Å². The maximum absolute atomic E-state index is 5.08. The lowest BCUT2D eigenvalue weighted by Gasteiger charge is -2.34. The van der Waals surface area contributed by atoms with E-state index in [1.165, 1.54) is 45.2 Å². The number of halogens is 1. The van der Waals surface area contributed by atoms with Crippen LogP contribution in [-0.4, -0.2) is 63.8 Å². The zero-order valence-electron chi connectivity index (χ0n) is 16.9. The van der Waals surface area contributed by atoms with Gasteiger partial charge in [0.1, 0.15) is 0 Å². The van der Waals surface area contributed by atoms with Crippen LogP contribution in [0.5, 0.6) is 0 Å². The van der Waals surface area contributed by atoms with Gasteiger partial charge in [0.15, 0.2) is 5.96 Å². The first-order chi connectivity index (χ1) is 11.7. The molecule has 1 atom stereocenters. The maximum Gasteiger partial charge on any atom is 0.191 e. The second-order valence-electron chi connectivity index (χ2n) is 7.19. The fourth-order valence-corrected chi connectivity index (χ4v) is 3.39. The third-order valence-electron chi connectivity index (χ3n) is 4.90. The standard InChI is InChI=1S/C19H40N4O.HI/c1-17(2)18(23-13-9-5-6-10-14-23)16-22-19(20-3)21-12-8-7-11-15-24-4;/h17-18H,5-16H2,1-4H3,(H2,20,21,22);1H. The van der Waals surface area contributed by atoms with E-state index < -0.39 is 0 Å². The highest BCUT2D eigenvalue weighted by Gasteiger charge is 2.22. The molecule has 1 heterocycles. The molecule has 1 aliphatic rings. The summed E-state index contributed by atoms with van der Waals surface area (Å²) >= 11 is 0. The summed E-state index contributed by atoms with van der Waals surface area (Å²) in [6.07, 6.45) is 8.95. The van der Waals surface area contributed by atoms with Gasteiger partial charge < -0.3 is 15.4 Å². The molecule has 1 saturated heterocycles. The molecule has 5 nitrogen and oxygen atoms in total. The van der Waals surface area contributed by atoms with Gasteiger partial charge in [-0.2, -0.15) is 0 Å². The molecule has 1 aliphatic heterocycles. The van der Waals surface area contributed by atoms with Crippen LogP contribution in [0.4, 0.5) is 0 Å². The van der Waals surface area contributed by atoms with Crippen LogP contribution >= 0.6 is 24.0 Å². The molecule has 25 heavy (non-hydrogen) atoms. The highest BCUT2D eigenvalue weighted by Crippen LogP contribution is 2.17. The SMILES string of the molecule is CN=C(NCCCCCOC)NCC(C(C)C)N1CCCCCC1.I. The van der Waals surface area contributed by atoms with E-state index in [0.29, 0.717) is 12.0 Å². The molecular weight excluding hydrogens is 427 g/mol. The Morgan fingerprint density at radius 2 is 1.72 bits per heavy atom. The summed E-state index contributed by atoms with van der Waals surface area (Å²) in [5.74, 6) is 1.59. The molecule has 0 spiro atoms. The molecule has 0 aromatic heterocycles. The summed E-state index contributed by atoms with van der Waals surface area (Å²) in [6.45, 7) is 9.97. The van der Waals surface area contributed by atoms with Crippen molar-refractivity contribution in [2.75, 3.05) is 46.9 Å².